The van der Waals surface area contributed by atoms with E-state index in [-0.39, 0.29) is 47.4 Å². The second-order valence-electron chi connectivity index (χ2n) is 8.26. The second-order valence-corrected chi connectivity index (χ2v) is 11.4. The summed E-state index contributed by atoms with van der Waals surface area (Å²) in [7, 11) is -3.15. The highest BCUT2D eigenvalue weighted by molar-refractivity contribution is 7.99. The average Bonchev–Trinajstić information content (AvgIpc) is 3.34. The lowest BCUT2D eigenvalue weighted by atomic mass is 10.2. The molecule has 2 aliphatic rings. The molecule has 1 aromatic carbocycles. The summed E-state index contributed by atoms with van der Waals surface area (Å²) in [6, 6.07) is 10.5. The third kappa shape index (κ3) is 4.33. The molecule has 168 valence electrons. The molecule has 1 aliphatic carbocycles. The Morgan fingerprint density at radius 1 is 1.19 bits per heavy atom. The Balaban J connectivity index is 1.40. The summed E-state index contributed by atoms with van der Waals surface area (Å²) in [5.74, 6) is 0.518. The van der Waals surface area contributed by atoms with Crippen molar-refractivity contribution in [1.29, 1.82) is 0 Å². The third-order valence-corrected chi connectivity index (χ3v) is 8.58. The number of fused-ring (bicyclic) bond motifs is 1. The lowest BCUT2D eigenvalue weighted by Crippen LogP contribution is -2.41. The Kier molecular flexibility index (Phi) is 5.58. The number of hydrogen-bond donors (Lipinski definition) is 0. The van der Waals surface area contributed by atoms with Crippen molar-refractivity contribution in [3.63, 3.8) is 0 Å². The maximum Gasteiger partial charge on any atom is 0.262 e. The Hall–Kier alpha value is -2.59. The quantitative estimate of drug-likeness (QED) is 0.384. The lowest BCUT2D eigenvalue weighted by molar-refractivity contribution is -0.131. The van der Waals surface area contributed by atoms with Gasteiger partial charge in [-0.3, -0.25) is 14.2 Å². The monoisotopic (exact) mass is 473 g/mol. The SMILES string of the molecule is O=C(CSc1nc2ccccc2c(=O)n1C1CC1)N(Cc1ccco1)C1CCS(=O)(=O)C1. The smallest absolute Gasteiger partial charge is 0.262 e. The van der Waals surface area contributed by atoms with Crippen molar-refractivity contribution in [2.45, 2.75) is 43.0 Å². The van der Waals surface area contributed by atoms with Crippen LogP contribution < -0.4 is 5.56 Å². The fourth-order valence-corrected chi connectivity index (χ4v) is 6.79. The van der Waals surface area contributed by atoms with Crippen LogP contribution in [-0.2, 0) is 21.2 Å². The van der Waals surface area contributed by atoms with Crippen LogP contribution in [-0.4, -0.2) is 52.1 Å². The first kappa shape index (κ1) is 21.3. The summed E-state index contributed by atoms with van der Waals surface area (Å²) in [6.45, 7) is 0.215. The normalized spacial score (nSPS) is 19.9. The first-order valence-corrected chi connectivity index (χ1v) is 13.4. The van der Waals surface area contributed by atoms with Gasteiger partial charge in [-0.05, 0) is 43.5 Å². The number of hydrogen-bond acceptors (Lipinski definition) is 7. The van der Waals surface area contributed by atoms with E-state index in [4.69, 9.17) is 4.42 Å². The van der Waals surface area contributed by atoms with E-state index in [0.29, 0.717) is 28.2 Å². The average molecular weight is 474 g/mol. The van der Waals surface area contributed by atoms with Gasteiger partial charge < -0.3 is 9.32 Å². The van der Waals surface area contributed by atoms with Crippen LogP contribution in [0.2, 0.25) is 0 Å². The Labute approximate surface area is 189 Å². The number of benzene rings is 1. The van der Waals surface area contributed by atoms with Gasteiger partial charge in [0.2, 0.25) is 5.91 Å². The van der Waals surface area contributed by atoms with Gasteiger partial charge >= 0.3 is 0 Å². The van der Waals surface area contributed by atoms with Crippen molar-refractivity contribution in [2.75, 3.05) is 17.3 Å². The van der Waals surface area contributed by atoms with Crippen LogP contribution >= 0.6 is 11.8 Å². The van der Waals surface area contributed by atoms with E-state index < -0.39 is 9.84 Å². The molecule has 0 bridgehead atoms. The molecule has 10 heteroatoms. The van der Waals surface area contributed by atoms with Gasteiger partial charge in [-0.2, -0.15) is 0 Å². The van der Waals surface area contributed by atoms with Crippen molar-refractivity contribution in [1.82, 2.24) is 14.5 Å². The highest BCUT2D eigenvalue weighted by Gasteiger charge is 2.35. The number of carbonyl (C=O) groups excluding carboxylic acids is 1. The number of para-hydroxylation sites is 1. The minimum absolute atomic E-state index is 0.0366. The zero-order valence-electron chi connectivity index (χ0n) is 17.3. The molecule has 1 saturated carbocycles. The molecule has 3 aromatic rings. The van der Waals surface area contributed by atoms with E-state index in [1.54, 1.807) is 33.7 Å². The number of thioether (sulfide) groups is 1. The van der Waals surface area contributed by atoms with Crippen LogP contribution in [0.1, 0.15) is 31.1 Å². The molecule has 8 nitrogen and oxygen atoms in total. The van der Waals surface area contributed by atoms with Crippen LogP contribution in [0.3, 0.4) is 0 Å². The third-order valence-electron chi connectivity index (χ3n) is 5.89. The van der Waals surface area contributed by atoms with Gasteiger partial charge in [-0.15, -0.1) is 0 Å². The van der Waals surface area contributed by atoms with Crippen molar-refractivity contribution in [3.05, 3.63) is 58.8 Å². The standard InChI is InChI=1S/C22H23N3O5S2/c26-20(24(12-17-4-3-10-30-17)16-9-11-32(28,29)14-16)13-31-22-23-19-6-2-1-5-18(19)21(27)25(22)15-7-8-15/h1-6,10,15-16H,7-9,11-14H2. The van der Waals surface area contributed by atoms with Crippen molar-refractivity contribution in [3.8, 4) is 0 Å². The molecule has 1 atom stereocenters. The minimum Gasteiger partial charge on any atom is -0.467 e. The molecular formula is C22H23N3O5S2. The summed E-state index contributed by atoms with van der Waals surface area (Å²) < 4.78 is 31.2. The zero-order chi connectivity index (χ0) is 22.3. The number of carbonyl (C=O) groups is 1. The number of sulfone groups is 1. The lowest BCUT2D eigenvalue weighted by Gasteiger charge is -2.27. The van der Waals surface area contributed by atoms with Gasteiger partial charge in [0.25, 0.3) is 5.56 Å². The number of rotatable bonds is 7. The van der Waals surface area contributed by atoms with Gasteiger partial charge in [-0.25, -0.2) is 13.4 Å². The van der Waals surface area contributed by atoms with Gasteiger partial charge in [0.1, 0.15) is 5.76 Å². The topological polar surface area (TPSA) is 102 Å². The molecule has 3 heterocycles. The number of amides is 1. The van der Waals surface area contributed by atoms with Crippen molar-refractivity contribution < 1.29 is 17.6 Å². The van der Waals surface area contributed by atoms with Crippen LogP contribution in [0, 0.1) is 0 Å². The van der Waals surface area contributed by atoms with Gasteiger partial charge in [0.15, 0.2) is 15.0 Å². The maximum atomic E-state index is 13.2. The van der Waals surface area contributed by atoms with Crippen LogP contribution in [0.15, 0.2) is 57.0 Å². The summed E-state index contributed by atoms with van der Waals surface area (Å²) in [5, 5.41) is 1.10. The molecule has 0 radical (unpaired) electrons. The Morgan fingerprint density at radius 2 is 2.00 bits per heavy atom. The zero-order valence-corrected chi connectivity index (χ0v) is 19.0. The van der Waals surface area contributed by atoms with E-state index in [1.807, 2.05) is 12.1 Å². The van der Waals surface area contributed by atoms with Gasteiger partial charge in [0.05, 0.1) is 41.0 Å². The summed E-state index contributed by atoms with van der Waals surface area (Å²) in [4.78, 5) is 32.5. The van der Waals surface area contributed by atoms with Gasteiger partial charge in [-0.1, -0.05) is 23.9 Å². The van der Waals surface area contributed by atoms with Crippen molar-refractivity contribution >= 4 is 38.4 Å². The number of nitrogens with zero attached hydrogens (tertiary/aromatic N) is 3. The molecule has 5 rings (SSSR count). The summed E-state index contributed by atoms with van der Waals surface area (Å²) in [6.07, 6.45) is 3.80. The molecule has 32 heavy (non-hydrogen) atoms. The molecule has 1 unspecified atom stereocenters. The van der Waals surface area contributed by atoms with Crippen LogP contribution in [0.4, 0.5) is 0 Å². The number of furan rings is 1. The predicted octanol–water partition coefficient (Wildman–Crippen LogP) is 2.63. The highest BCUT2D eigenvalue weighted by atomic mass is 32.2. The van der Waals surface area contributed by atoms with Gasteiger partial charge in [0, 0.05) is 12.1 Å². The largest absolute Gasteiger partial charge is 0.467 e. The van der Waals surface area contributed by atoms with E-state index >= 15 is 0 Å². The fourth-order valence-electron chi connectivity index (χ4n) is 4.10. The van der Waals surface area contributed by atoms with E-state index in [1.165, 1.54) is 18.0 Å². The molecule has 2 fully saturated rings. The molecule has 0 spiro atoms. The van der Waals surface area contributed by atoms with Crippen LogP contribution in [0.5, 0.6) is 0 Å². The first-order chi connectivity index (χ1) is 15.4. The molecule has 1 aliphatic heterocycles. The molecular weight excluding hydrogens is 450 g/mol. The summed E-state index contributed by atoms with van der Waals surface area (Å²) >= 11 is 1.23. The second kappa shape index (κ2) is 8.40. The maximum absolute atomic E-state index is 13.2. The molecule has 0 N–H and O–H groups in total. The summed E-state index contributed by atoms with van der Waals surface area (Å²) in [5.41, 5.74) is 0.529. The van der Waals surface area contributed by atoms with E-state index in [0.717, 1.165) is 12.8 Å². The van der Waals surface area contributed by atoms with Crippen LogP contribution in [0.25, 0.3) is 10.9 Å². The van der Waals surface area contributed by atoms with E-state index in [2.05, 4.69) is 4.98 Å². The number of aromatic nitrogens is 2. The highest BCUT2D eigenvalue weighted by Crippen LogP contribution is 2.37. The van der Waals surface area contributed by atoms with E-state index in [9.17, 15) is 18.0 Å². The molecule has 2 aromatic heterocycles. The van der Waals surface area contributed by atoms with Crippen molar-refractivity contribution in [2.24, 2.45) is 0 Å². The predicted molar refractivity (Wildman–Crippen MR) is 121 cm³/mol. The molecule has 1 saturated heterocycles. The Bertz CT molecular complexity index is 1310. The Morgan fingerprint density at radius 3 is 2.69 bits per heavy atom. The first-order valence-electron chi connectivity index (χ1n) is 10.6. The molecule has 1 amide bonds. The fraction of sp³-hybridized carbons (Fsp3) is 0.409. The minimum atomic E-state index is -3.15.